The van der Waals surface area contributed by atoms with Gasteiger partial charge in [0.15, 0.2) is 0 Å². The predicted molar refractivity (Wildman–Crippen MR) is 117 cm³/mol. The summed E-state index contributed by atoms with van der Waals surface area (Å²) in [6.07, 6.45) is 3.28. The summed E-state index contributed by atoms with van der Waals surface area (Å²) in [5.41, 5.74) is 4.53. The highest BCUT2D eigenvalue weighted by molar-refractivity contribution is 7.95. The minimum absolute atomic E-state index is 0.323. The minimum Gasteiger partial charge on any atom is -0.507 e. The van der Waals surface area contributed by atoms with Crippen LogP contribution in [0.15, 0.2) is 48.7 Å². The molecule has 0 aliphatic rings. The van der Waals surface area contributed by atoms with Gasteiger partial charge < -0.3 is 9.67 Å². The molecule has 0 aliphatic heterocycles. The fourth-order valence-corrected chi connectivity index (χ4v) is 3.81. The van der Waals surface area contributed by atoms with Gasteiger partial charge in [0.1, 0.15) is 5.75 Å². The van der Waals surface area contributed by atoms with Crippen LogP contribution in [0.2, 0.25) is 0 Å². The number of nitrogens with zero attached hydrogens (tertiary/aromatic N) is 2. The van der Waals surface area contributed by atoms with Gasteiger partial charge in [-0.2, -0.15) is 0 Å². The van der Waals surface area contributed by atoms with E-state index in [1.54, 1.807) is 18.2 Å². The van der Waals surface area contributed by atoms with E-state index in [-0.39, 0.29) is 0 Å². The van der Waals surface area contributed by atoms with Gasteiger partial charge in [-0.1, -0.05) is 44.2 Å². The van der Waals surface area contributed by atoms with Crippen LogP contribution in [-0.4, -0.2) is 34.6 Å². The van der Waals surface area contributed by atoms with E-state index in [2.05, 4.69) is 51.8 Å². The Balaban J connectivity index is 1.95. The van der Waals surface area contributed by atoms with Gasteiger partial charge in [0, 0.05) is 47.9 Å². The second-order valence-electron chi connectivity index (χ2n) is 7.50. The van der Waals surface area contributed by atoms with Gasteiger partial charge >= 0.3 is 0 Å². The lowest BCUT2D eigenvalue weighted by molar-refractivity contribution is 0.477. The van der Waals surface area contributed by atoms with E-state index in [0.29, 0.717) is 11.7 Å². The van der Waals surface area contributed by atoms with E-state index in [4.69, 9.17) is 0 Å². The van der Waals surface area contributed by atoms with Crippen LogP contribution in [0.4, 0.5) is 0 Å². The SMILES string of the molecule is CC(C)Cn1cc(CCNSN(C)C)c2ccc(-c3ccccc3O)cc21. The number of fused-ring (bicyclic) bond motifs is 1. The van der Waals surface area contributed by atoms with Gasteiger partial charge in [-0.05, 0) is 49.7 Å². The summed E-state index contributed by atoms with van der Waals surface area (Å²) in [5.74, 6) is 0.897. The summed E-state index contributed by atoms with van der Waals surface area (Å²) in [6, 6.07) is 14.0. The number of rotatable bonds is 8. The molecule has 0 fully saturated rings. The van der Waals surface area contributed by atoms with E-state index in [0.717, 1.165) is 30.6 Å². The van der Waals surface area contributed by atoms with Gasteiger partial charge in [-0.15, -0.1) is 0 Å². The van der Waals surface area contributed by atoms with Gasteiger partial charge in [-0.3, -0.25) is 4.72 Å². The molecule has 0 saturated heterocycles. The van der Waals surface area contributed by atoms with Gasteiger partial charge in [0.2, 0.25) is 0 Å². The van der Waals surface area contributed by atoms with Gasteiger partial charge in [0.05, 0.1) is 0 Å². The van der Waals surface area contributed by atoms with Crippen molar-refractivity contribution in [1.82, 2.24) is 13.6 Å². The van der Waals surface area contributed by atoms with Crippen LogP contribution in [0, 0.1) is 5.92 Å². The van der Waals surface area contributed by atoms with Crippen LogP contribution in [0.1, 0.15) is 19.4 Å². The van der Waals surface area contributed by atoms with E-state index in [1.165, 1.54) is 16.5 Å². The molecule has 1 heterocycles. The van der Waals surface area contributed by atoms with Crippen molar-refractivity contribution in [3.05, 3.63) is 54.2 Å². The first-order valence-corrected chi connectivity index (χ1v) is 10.2. The highest BCUT2D eigenvalue weighted by atomic mass is 32.2. The average Bonchev–Trinajstić information content (AvgIpc) is 2.95. The summed E-state index contributed by atoms with van der Waals surface area (Å²) in [6.45, 7) is 6.40. The molecule has 0 atom stereocenters. The molecular weight excluding hydrogens is 354 g/mol. The van der Waals surface area contributed by atoms with E-state index in [9.17, 15) is 5.11 Å². The molecule has 2 aromatic carbocycles. The molecule has 144 valence electrons. The third kappa shape index (κ3) is 4.86. The Morgan fingerprint density at radius 1 is 1.15 bits per heavy atom. The fourth-order valence-electron chi connectivity index (χ4n) is 3.36. The van der Waals surface area contributed by atoms with Gasteiger partial charge in [0.25, 0.3) is 0 Å². The van der Waals surface area contributed by atoms with Crippen LogP contribution in [0.5, 0.6) is 5.75 Å². The molecule has 2 N–H and O–H groups in total. The molecule has 3 rings (SSSR count). The van der Waals surface area contributed by atoms with E-state index in [1.807, 2.05) is 32.3 Å². The van der Waals surface area contributed by atoms with E-state index >= 15 is 0 Å². The standard InChI is InChI=1S/C22H29N3OS/c1-16(2)14-25-15-18(11-12-23-27-24(3)4)19-10-9-17(13-21(19)25)20-7-5-6-8-22(20)26/h5-10,13,15-16,23,26H,11-12,14H2,1-4H3. The normalized spacial score (nSPS) is 11.8. The molecule has 0 spiro atoms. The molecule has 3 aromatic rings. The van der Waals surface area contributed by atoms with Crippen LogP contribution in [0.3, 0.4) is 0 Å². The number of nitrogens with one attached hydrogen (secondary N) is 1. The molecule has 1 aromatic heterocycles. The highest BCUT2D eigenvalue weighted by Gasteiger charge is 2.12. The lowest BCUT2D eigenvalue weighted by atomic mass is 10.0. The molecule has 0 saturated carbocycles. The second kappa shape index (κ2) is 8.83. The van der Waals surface area contributed by atoms with Crippen LogP contribution in [0.25, 0.3) is 22.0 Å². The summed E-state index contributed by atoms with van der Waals surface area (Å²) in [7, 11) is 4.07. The fraction of sp³-hybridized carbons (Fsp3) is 0.364. The highest BCUT2D eigenvalue weighted by Crippen LogP contribution is 2.33. The summed E-state index contributed by atoms with van der Waals surface area (Å²) in [4.78, 5) is 0. The summed E-state index contributed by atoms with van der Waals surface area (Å²) in [5, 5.41) is 11.5. The van der Waals surface area contributed by atoms with Gasteiger partial charge in [-0.25, -0.2) is 4.31 Å². The van der Waals surface area contributed by atoms with Crippen molar-refractivity contribution >= 4 is 23.0 Å². The molecule has 0 aliphatic carbocycles. The lowest BCUT2D eigenvalue weighted by Gasteiger charge is -2.10. The maximum atomic E-state index is 10.2. The predicted octanol–water partition coefficient (Wildman–Crippen LogP) is 4.93. The maximum absolute atomic E-state index is 10.2. The summed E-state index contributed by atoms with van der Waals surface area (Å²) >= 11 is 1.62. The van der Waals surface area contributed by atoms with E-state index < -0.39 is 0 Å². The van der Waals surface area contributed by atoms with Crippen molar-refractivity contribution in [2.45, 2.75) is 26.8 Å². The lowest BCUT2D eigenvalue weighted by Crippen LogP contribution is -2.15. The first kappa shape index (κ1) is 19.8. The van der Waals surface area contributed by atoms with Crippen molar-refractivity contribution < 1.29 is 5.11 Å². The van der Waals surface area contributed by atoms with Crippen LogP contribution < -0.4 is 4.72 Å². The maximum Gasteiger partial charge on any atom is 0.123 e. The Hall–Kier alpha value is -1.95. The smallest absolute Gasteiger partial charge is 0.123 e. The molecule has 5 heteroatoms. The molecule has 27 heavy (non-hydrogen) atoms. The molecule has 0 unspecified atom stereocenters. The first-order chi connectivity index (χ1) is 13.0. The molecule has 0 bridgehead atoms. The number of para-hydroxylation sites is 1. The first-order valence-electron chi connectivity index (χ1n) is 9.43. The minimum atomic E-state index is 0.323. The van der Waals surface area contributed by atoms with Crippen molar-refractivity contribution in [2.24, 2.45) is 5.92 Å². The average molecular weight is 384 g/mol. The number of hydrogen-bond acceptors (Lipinski definition) is 4. The molecule has 0 amide bonds. The van der Waals surface area contributed by atoms with Crippen LogP contribution in [-0.2, 0) is 13.0 Å². The zero-order chi connectivity index (χ0) is 19.4. The molecular formula is C22H29N3OS. The van der Waals surface area contributed by atoms with Crippen molar-refractivity contribution in [2.75, 3.05) is 20.6 Å². The van der Waals surface area contributed by atoms with Crippen LogP contribution >= 0.6 is 12.1 Å². The largest absolute Gasteiger partial charge is 0.507 e. The van der Waals surface area contributed by atoms with Crippen molar-refractivity contribution in [3.63, 3.8) is 0 Å². The van der Waals surface area contributed by atoms with Crippen molar-refractivity contribution in [1.29, 1.82) is 0 Å². The zero-order valence-corrected chi connectivity index (χ0v) is 17.4. The Morgan fingerprint density at radius 3 is 2.63 bits per heavy atom. The third-order valence-corrected chi connectivity index (χ3v) is 5.18. The number of hydrogen-bond donors (Lipinski definition) is 2. The second-order valence-corrected chi connectivity index (χ2v) is 8.70. The Bertz CT molecular complexity index is 902. The Morgan fingerprint density at radius 2 is 1.93 bits per heavy atom. The quantitative estimate of drug-likeness (QED) is 0.428. The topological polar surface area (TPSA) is 40.4 Å². The summed E-state index contributed by atoms with van der Waals surface area (Å²) < 4.78 is 7.81. The monoisotopic (exact) mass is 383 g/mol. The zero-order valence-electron chi connectivity index (χ0n) is 16.6. The number of aromatic nitrogens is 1. The molecule has 0 radical (unpaired) electrons. The number of benzene rings is 2. The number of phenols is 1. The Kier molecular flexibility index (Phi) is 6.47. The third-order valence-electron chi connectivity index (χ3n) is 4.49. The number of phenolic OH excluding ortho intramolecular Hbond substituents is 1. The molecule has 4 nitrogen and oxygen atoms in total. The Labute approximate surface area is 166 Å². The number of aromatic hydroxyl groups is 1. The van der Waals surface area contributed by atoms with Crippen molar-refractivity contribution in [3.8, 4) is 16.9 Å².